The molecular formula is C7H14O7. The maximum atomic E-state index is 10.00. The van der Waals surface area contributed by atoms with E-state index in [1.165, 1.54) is 0 Å². The van der Waals surface area contributed by atoms with Crippen molar-refractivity contribution >= 4 is 6.29 Å². The molecule has 0 fully saturated rings. The topological polar surface area (TPSA) is 138 Å². The number of carbonyl (C=O) groups excluding carboxylic acids is 1. The molecule has 14 heavy (non-hydrogen) atoms. The van der Waals surface area contributed by atoms with Gasteiger partial charge in [0.1, 0.15) is 30.5 Å². The highest BCUT2D eigenvalue weighted by atomic mass is 16.4. The van der Waals surface area contributed by atoms with Gasteiger partial charge in [-0.2, -0.15) is 0 Å². The molecule has 0 heterocycles. The number of aldehydes is 1. The van der Waals surface area contributed by atoms with E-state index in [9.17, 15) is 4.79 Å². The standard InChI is InChI=1S/C7H14O7/c8-1-3(10)5(12)7(14)6(13)4(11)2-9/h1,3-7,9-14H,2H2/t3-,4?,5+,6-,7+/m1/s1. The second-order valence-electron chi connectivity index (χ2n) is 2.85. The zero-order chi connectivity index (χ0) is 11.3. The zero-order valence-corrected chi connectivity index (χ0v) is 7.26. The maximum absolute atomic E-state index is 10.00. The summed E-state index contributed by atoms with van der Waals surface area (Å²) in [6.07, 6.45) is -9.21. The SMILES string of the molecule is O=C[C@@H](O)[C@H](O)[C@H](O)[C@H](O)C(O)CO. The van der Waals surface area contributed by atoms with Crippen molar-refractivity contribution < 1.29 is 35.4 Å². The van der Waals surface area contributed by atoms with Crippen LogP contribution in [0.1, 0.15) is 0 Å². The molecule has 0 bridgehead atoms. The van der Waals surface area contributed by atoms with Gasteiger partial charge < -0.3 is 35.4 Å². The summed E-state index contributed by atoms with van der Waals surface area (Å²) < 4.78 is 0. The molecule has 0 aliphatic heterocycles. The van der Waals surface area contributed by atoms with Gasteiger partial charge in [-0.1, -0.05) is 0 Å². The Labute approximate surface area is 79.9 Å². The zero-order valence-electron chi connectivity index (χ0n) is 7.26. The molecule has 0 amide bonds. The predicted molar refractivity (Wildman–Crippen MR) is 43.2 cm³/mol. The van der Waals surface area contributed by atoms with E-state index in [0.717, 1.165) is 0 Å². The van der Waals surface area contributed by atoms with Crippen LogP contribution in [0.4, 0.5) is 0 Å². The fourth-order valence-corrected chi connectivity index (χ4v) is 0.820. The van der Waals surface area contributed by atoms with Gasteiger partial charge in [0.25, 0.3) is 0 Å². The number of hydrogen-bond acceptors (Lipinski definition) is 7. The maximum Gasteiger partial charge on any atom is 0.151 e. The van der Waals surface area contributed by atoms with Crippen LogP contribution in [0, 0.1) is 0 Å². The third kappa shape index (κ3) is 3.29. The quantitative estimate of drug-likeness (QED) is 0.245. The van der Waals surface area contributed by atoms with Gasteiger partial charge in [0.15, 0.2) is 6.29 Å². The van der Waals surface area contributed by atoms with Crippen molar-refractivity contribution in [3.63, 3.8) is 0 Å². The minimum Gasteiger partial charge on any atom is -0.394 e. The molecule has 0 rings (SSSR count). The fourth-order valence-electron chi connectivity index (χ4n) is 0.820. The lowest BCUT2D eigenvalue weighted by Gasteiger charge is -2.26. The van der Waals surface area contributed by atoms with E-state index < -0.39 is 37.1 Å². The van der Waals surface area contributed by atoms with E-state index in [1.807, 2.05) is 0 Å². The Kier molecular flexibility index (Phi) is 5.77. The van der Waals surface area contributed by atoms with Crippen molar-refractivity contribution in [2.24, 2.45) is 0 Å². The summed E-state index contributed by atoms with van der Waals surface area (Å²) in [5, 5.41) is 53.2. The Morgan fingerprint density at radius 1 is 0.929 bits per heavy atom. The van der Waals surface area contributed by atoms with Crippen LogP contribution in [0.15, 0.2) is 0 Å². The number of rotatable bonds is 6. The average molecular weight is 210 g/mol. The van der Waals surface area contributed by atoms with E-state index >= 15 is 0 Å². The summed E-state index contributed by atoms with van der Waals surface area (Å²) in [5.41, 5.74) is 0. The van der Waals surface area contributed by atoms with Crippen molar-refractivity contribution in [1.82, 2.24) is 0 Å². The van der Waals surface area contributed by atoms with Crippen LogP contribution in [-0.2, 0) is 4.79 Å². The third-order valence-electron chi connectivity index (χ3n) is 1.77. The van der Waals surface area contributed by atoms with Gasteiger partial charge in [0.05, 0.1) is 6.61 Å². The van der Waals surface area contributed by atoms with E-state index in [2.05, 4.69) is 0 Å². The summed E-state index contributed by atoms with van der Waals surface area (Å²) >= 11 is 0. The molecule has 0 aromatic carbocycles. The first kappa shape index (κ1) is 13.4. The summed E-state index contributed by atoms with van der Waals surface area (Å²) in [6, 6.07) is 0. The van der Waals surface area contributed by atoms with Crippen molar-refractivity contribution in [3.8, 4) is 0 Å². The first-order valence-corrected chi connectivity index (χ1v) is 3.92. The Morgan fingerprint density at radius 2 is 1.43 bits per heavy atom. The second kappa shape index (κ2) is 6.02. The largest absolute Gasteiger partial charge is 0.394 e. The highest BCUT2D eigenvalue weighted by Crippen LogP contribution is 2.07. The minimum atomic E-state index is -1.92. The molecule has 0 saturated carbocycles. The Balaban J connectivity index is 4.29. The molecule has 0 aliphatic rings. The average Bonchev–Trinajstić information content (AvgIpc) is 2.23. The normalized spacial score (nSPS) is 22.1. The molecule has 0 aromatic rings. The molecule has 0 saturated heterocycles. The highest BCUT2D eigenvalue weighted by Gasteiger charge is 2.33. The number of aliphatic hydroxyl groups is 6. The Bertz CT molecular complexity index is 173. The van der Waals surface area contributed by atoms with E-state index in [4.69, 9.17) is 30.6 Å². The van der Waals surface area contributed by atoms with Gasteiger partial charge in [-0.15, -0.1) is 0 Å². The lowest BCUT2D eigenvalue weighted by Crippen LogP contribution is -2.50. The van der Waals surface area contributed by atoms with Gasteiger partial charge in [0, 0.05) is 0 Å². The van der Waals surface area contributed by atoms with Crippen LogP contribution >= 0.6 is 0 Å². The monoisotopic (exact) mass is 210 g/mol. The molecule has 0 radical (unpaired) electrons. The molecule has 7 nitrogen and oxygen atoms in total. The first-order valence-electron chi connectivity index (χ1n) is 3.92. The summed E-state index contributed by atoms with van der Waals surface area (Å²) in [5.74, 6) is 0. The number of aliphatic hydroxyl groups excluding tert-OH is 6. The second-order valence-corrected chi connectivity index (χ2v) is 2.85. The smallest absolute Gasteiger partial charge is 0.151 e. The van der Waals surface area contributed by atoms with E-state index in [-0.39, 0.29) is 6.29 Å². The number of hydrogen-bond donors (Lipinski definition) is 6. The molecule has 7 heteroatoms. The molecular weight excluding hydrogens is 196 g/mol. The molecule has 0 spiro atoms. The van der Waals surface area contributed by atoms with Gasteiger partial charge in [0.2, 0.25) is 0 Å². The Hall–Kier alpha value is -0.570. The van der Waals surface area contributed by atoms with Gasteiger partial charge in [-0.05, 0) is 0 Å². The number of carbonyl (C=O) groups is 1. The van der Waals surface area contributed by atoms with Crippen LogP contribution in [0.5, 0.6) is 0 Å². The van der Waals surface area contributed by atoms with Crippen molar-refractivity contribution in [3.05, 3.63) is 0 Å². The van der Waals surface area contributed by atoms with Gasteiger partial charge in [-0.3, -0.25) is 0 Å². The molecule has 6 N–H and O–H groups in total. The summed E-state index contributed by atoms with van der Waals surface area (Å²) in [7, 11) is 0. The highest BCUT2D eigenvalue weighted by molar-refractivity contribution is 5.56. The molecule has 84 valence electrons. The Morgan fingerprint density at radius 3 is 1.79 bits per heavy atom. The van der Waals surface area contributed by atoms with Crippen LogP contribution in [0.2, 0.25) is 0 Å². The molecule has 1 unspecified atom stereocenters. The lowest BCUT2D eigenvalue weighted by molar-refractivity contribution is -0.147. The predicted octanol–water partition coefficient (Wildman–Crippen LogP) is -4.02. The minimum absolute atomic E-state index is 0.0219. The van der Waals surface area contributed by atoms with Crippen LogP contribution in [-0.4, -0.2) is 74.1 Å². The van der Waals surface area contributed by atoms with Gasteiger partial charge >= 0.3 is 0 Å². The van der Waals surface area contributed by atoms with Crippen LogP contribution < -0.4 is 0 Å². The molecule has 0 aliphatic carbocycles. The van der Waals surface area contributed by atoms with E-state index in [0.29, 0.717) is 0 Å². The van der Waals surface area contributed by atoms with Crippen LogP contribution in [0.3, 0.4) is 0 Å². The fraction of sp³-hybridized carbons (Fsp3) is 0.857. The van der Waals surface area contributed by atoms with Crippen molar-refractivity contribution in [2.45, 2.75) is 30.5 Å². The third-order valence-corrected chi connectivity index (χ3v) is 1.77. The van der Waals surface area contributed by atoms with Crippen molar-refractivity contribution in [2.75, 3.05) is 6.61 Å². The van der Waals surface area contributed by atoms with Crippen molar-refractivity contribution in [1.29, 1.82) is 0 Å². The lowest BCUT2D eigenvalue weighted by atomic mass is 10.0. The van der Waals surface area contributed by atoms with Gasteiger partial charge in [-0.25, -0.2) is 0 Å². The van der Waals surface area contributed by atoms with E-state index in [1.54, 1.807) is 0 Å². The van der Waals surface area contributed by atoms with Crippen LogP contribution in [0.25, 0.3) is 0 Å². The summed E-state index contributed by atoms with van der Waals surface area (Å²) in [4.78, 5) is 10.00. The summed E-state index contributed by atoms with van der Waals surface area (Å²) in [6.45, 7) is -0.817. The molecule has 0 aromatic heterocycles. The first-order chi connectivity index (χ1) is 6.45. The molecule has 5 atom stereocenters.